The summed E-state index contributed by atoms with van der Waals surface area (Å²) >= 11 is 0. The molecule has 0 N–H and O–H groups in total. The molecule has 0 aliphatic carbocycles. The maximum absolute atomic E-state index is 13.0. The summed E-state index contributed by atoms with van der Waals surface area (Å²) in [4.78, 5) is 0. The molecular formula is C13H14FNO. The van der Waals surface area contributed by atoms with Crippen LogP contribution in [0, 0.1) is 5.82 Å². The summed E-state index contributed by atoms with van der Waals surface area (Å²) in [6.07, 6.45) is 1.71. The fraction of sp³-hybridized carbons (Fsp3) is 0.231. The number of hydrogen-bond acceptors (Lipinski definition) is 1. The van der Waals surface area contributed by atoms with Gasteiger partial charge in [0.25, 0.3) is 0 Å². The van der Waals surface area contributed by atoms with E-state index in [-0.39, 0.29) is 5.82 Å². The average Bonchev–Trinajstić information content (AvgIpc) is 2.56. The zero-order valence-corrected chi connectivity index (χ0v) is 9.24. The highest BCUT2D eigenvalue weighted by Crippen LogP contribution is 2.20. The lowest BCUT2D eigenvalue weighted by Gasteiger charge is -2.03. The van der Waals surface area contributed by atoms with Crippen LogP contribution in [0.15, 0.2) is 36.9 Å². The van der Waals surface area contributed by atoms with E-state index in [9.17, 15) is 4.39 Å². The Hall–Kier alpha value is -1.61. The third-order valence-electron chi connectivity index (χ3n) is 2.59. The topological polar surface area (TPSA) is 14.2 Å². The van der Waals surface area contributed by atoms with Crippen molar-refractivity contribution in [2.24, 2.45) is 7.05 Å². The second-order valence-electron chi connectivity index (χ2n) is 3.70. The zero-order chi connectivity index (χ0) is 11.5. The highest BCUT2D eigenvalue weighted by molar-refractivity contribution is 5.81. The second kappa shape index (κ2) is 4.49. The van der Waals surface area contributed by atoms with Gasteiger partial charge >= 0.3 is 0 Å². The Kier molecular flexibility index (Phi) is 3.06. The normalized spacial score (nSPS) is 10.9. The van der Waals surface area contributed by atoms with E-state index in [4.69, 9.17) is 4.74 Å². The molecule has 0 radical (unpaired) electrons. The largest absolute Gasteiger partial charge is 0.371 e. The van der Waals surface area contributed by atoms with Crippen LogP contribution in [-0.2, 0) is 18.4 Å². The molecule has 0 bridgehead atoms. The lowest BCUT2D eigenvalue weighted by molar-refractivity contribution is 0.144. The van der Waals surface area contributed by atoms with Gasteiger partial charge in [-0.05, 0) is 24.3 Å². The van der Waals surface area contributed by atoms with Crippen molar-refractivity contribution in [3.05, 3.63) is 48.4 Å². The fourth-order valence-corrected chi connectivity index (χ4v) is 1.76. The van der Waals surface area contributed by atoms with Crippen molar-refractivity contribution in [3.8, 4) is 0 Å². The van der Waals surface area contributed by atoms with Gasteiger partial charge in [-0.2, -0.15) is 0 Å². The molecule has 0 fully saturated rings. The Balaban J connectivity index is 2.32. The van der Waals surface area contributed by atoms with Crippen molar-refractivity contribution in [3.63, 3.8) is 0 Å². The standard InChI is InChI=1S/C13H14FNO/c1-3-6-16-9-12-8-10-7-11(14)4-5-13(10)15(12)2/h3-5,7-8H,1,6,9H2,2H3. The minimum absolute atomic E-state index is 0.211. The number of nitrogens with zero attached hydrogens (tertiary/aromatic N) is 1. The van der Waals surface area contributed by atoms with Crippen molar-refractivity contribution in [2.45, 2.75) is 6.61 Å². The Bertz CT molecular complexity index is 516. The van der Waals surface area contributed by atoms with Gasteiger partial charge in [-0.3, -0.25) is 0 Å². The highest BCUT2D eigenvalue weighted by Gasteiger charge is 2.06. The Morgan fingerprint density at radius 3 is 3.00 bits per heavy atom. The second-order valence-corrected chi connectivity index (χ2v) is 3.70. The number of benzene rings is 1. The molecule has 2 aromatic rings. The van der Waals surface area contributed by atoms with Gasteiger partial charge in [-0.15, -0.1) is 6.58 Å². The van der Waals surface area contributed by atoms with Crippen LogP contribution in [0.5, 0.6) is 0 Å². The molecule has 0 saturated carbocycles. The van der Waals surface area contributed by atoms with E-state index in [1.165, 1.54) is 12.1 Å². The maximum Gasteiger partial charge on any atom is 0.123 e. The van der Waals surface area contributed by atoms with E-state index in [1.807, 2.05) is 17.7 Å². The van der Waals surface area contributed by atoms with Crippen molar-refractivity contribution >= 4 is 10.9 Å². The first-order valence-electron chi connectivity index (χ1n) is 5.15. The first-order chi connectivity index (χ1) is 7.72. The van der Waals surface area contributed by atoms with E-state index in [1.54, 1.807) is 12.1 Å². The molecule has 2 nitrogen and oxygen atoms in total. The van der Waals surface area contributed by atoms with E-state index < -0.39 is 0 Å². The minimum Gasteiger partial charge on any atom is -0.371 e. The van der Waals surface area contributed by atoms with Crippen LogP contribution in [0.2, 0.25) is 0 Å². The molecular weight excluding hydrogens is 205 g/mol. The lowest BCUT2D eigenvalue weighted by atomic mass is 10.2. The minimum atomic E-state index is -0.211. The molecule has 0 aliphatic rings. The molecule has 2 rings (SSSR count). The monoisotopic (exact) mass is 219 g/mol. The van der Waals surface area contributed by atoms with Crippen molar-refractivity contribution in [1.82, 2.24) is 4.57 Å². The van der Waals surface area contributed by atoms with Crippen molar-refractivity contribution < 1.29 is 9.13 Å². The number of ether oxygens (including phenoxy) is 1. The first-order valence-corrected chi connectivity index (χ1v) is 5.15. The van der Waals surface area contributed by atoms with Gasteiger partial charge < -0.3 is 9.30 Å². The van der Waals surface area contributed by atoms with Crippen LogP contribution in [-0.4, -0.2) is 11.2 Å². The Labute approximate surface area is 93.9 Å². The molecule has 0 unspecified atom stereocenters. The van der Waals surface area contributed by atoms with Gasteiger partial charge in [0.05, 0.1) is 13.2 Å². The molecule has 3 heteroatoms. The molecule has 1 heterocycles. The summed E-state index contributed by atoms with van der Waals surface area (Å²) in [5.74, 6) is -0.211. The summed E-state index contributed by atoms with van der Waals surface area (Å²) < 4.78 is 20.4. The quantitative estimate of drug-likeness (QED) is 0.569. The number of halogens is 1. The average molecular weight is 219 g/mol. The van der Waals surface area contributed by atoms with Gasteiger partial charge in [0.1, 0.15) is 5.82 Å². The third-order valence-corrected chi connectivity index (χ3v) is 2.59. The molecule has 0 amide bonds. The van der Waals surface area contributed by atoms with Crippen LogP contribution in [0.3, 0.4) is 0 Å². The van der Waals surface area contributed by atoms with Crippen molar-refractivity contribution in [2.75, 3.05) is 6.61 Å². The van der Waals surface area contributed by atoms with Crippen LogP contribution >= 0.6 is 0 Å². The summed E-state index contributed by atoms with van der Waals surface area (Å²) in [6.45, 7) is 4.62. The number of hydrogen-bond donors (Lipinski definition) is 0. The van der Waals surface area contributed by atoms with E-state index >= 15 is 0 Å². The number of aryl methyl sites for hydroxylation is 1. The number of aromatic nitrogens is 1. The van der Waals surface area contributed by atoms with Gasteiger partial charge in [0, 0.05) is 23.6 Å². The van der Waals surface area contributed by atoms with E-state index in [0.717, 1.165) is 16.6 Å². The molecule has 1 aromatic carbocycles. The van der Waals surface area contributed by atoms with Gasteiger partial charge in [-0.25, -0.2) is 4.39 Å². The number of fused-ring (bicyclic) bond motifs is 1. The van der Waals surface area contributed by atoms with Crippen LogP contribution < -0.4 is 0 Å². The Morgan fingerprint density at radius 1 is 1.44 bits per heavy atom. The molecule has 0 aliphatic heterocycles. The summed E-state index contributed by atoms with van der Waals surface area (Å²) in [6, 6.07) is 6.73. The maximum atomic E-state index is 13.0. The zero-order valence-electron chi connectivity index (χ0n) is 9.24. The third kappa shape index (κ3) is 1.99. The van der Waals surface area contributed by atoms with E-state index in [0.29, 0.717) is 13.2 Å². The molecule has 1 aromatic heterocycles. The highest BCUT2D eigenvalue weighted by atomic mass is 19.1. The van der Waals surface area contributed by atoms with Crippen LogP contribution in [0.4, 0.5) is 4.39 Å². The molecule has 0 atom stereocenters. The predicted molar refractivity (Wildman–Crippen MR) is 62.7 cm³/mol. The molecule has 0 spiro atoms. The smallest absolute Gasteiger partial charge is 0.123 e. The van der Waals surface area contributed by atoms with E-state index in [2.05, 4.69) is 6.58 Å². The number of rotatable bonds is 4. The summed E-state index contributed by atoms with van der Waals surface area (Å²) in [5, 5.41) is 0.903. The summed E-state index contributed by atoms with van der Waals surface area (Å²) in [5.41, 5.74) is 2.04. The van der Waals surface area contributed by atoms with Gasteiger partial charge in [0.2, 0.25) is 0 Å². The fourth-order valence-electron chi connectivity index (χ4n) is 1.76. The van der Waals surface area contributed by atoms with Crippen molar-refractivity contribution in [1.29, 1.82) is 0 Å². The Morgan fingerprint density at radius 2 is 2.25 bits per heavy atom. The predicted octanol–water partition coefficient (Wildman–Crippen LogP) is 3.02. The van der Waals surface area contributed by atoms with Gasteiger partial charge in [-0.1, -0.05) is 6.08 Å². The van der Waals surface area contributed by atoms with Crippen LogP contribution in [0.25, 0.3) is 10.9 Å². The molecule has 16 heavy (non-hydrogen) atoms. The SMILES string of the molecule is C=CCOCc1cc2cc(F)ccc2n1C. The molecule has 84 valence electrons. The summed E-state index contributed by atoms with van der Waals surface area (Å²) in [7, 11) is 1.95. The lowest BCUT2D eigenvalue weighted by Crippen LogP contribution is -1.99. The molecule has 0 saturated heterocycles. The van der Waals surface area contributed by atoms with Crippen LogP contribution in [0.1, 0.15) is 5.69 Å². The first kappa shape index (κ1) is 10.9. The van der Waals surface area contributed by atoms with Gasteiger partial charge in [0.15, 0.2) is 0 Å².